The van der Waals surface area contributed by atoms with Crippen LogP contribution < -0.4 is 0 Å². The van der Waals surface area contributed by atoms with Crippen LogP contribution in [0.4, 0.5) is 4.79 Å². The van der Waals surface area contributed by atoms with Gasteiger partial charge < -0.3 is 9.84 Å². The van der Waals surface area contributed by atoms with Crippen LogP contribution in [0, 0.1) is 0 Å². The zero-order chi connectivity index (χ0) is 17.8. The van der Waals surface area contributed by atoms with Crippen LogP contribution in [0.1, 0.15) is 16.5 Å². The maximum atomic E-state index is 12.6. The van der Waals surface area contributed by atoms with E-state index < -0.39 is 23.5 Å². The first-order chi connectivity index (χ1) is 12.1. The largest absolute Gasteiger partial charge is 0.480 e. The number of carbonyl (C=O) groups excluding carboxylic acids is 1. The lowest BCUT2D eigenvalue weighted by molar-refractivity contribution is -0.141. The first kappa shape index (κ1) is 17.6. The fourth-order valence-corrected chi connectivity index (χ4v) is 4.12. The van der Waals surface area contributed by atoms with Crippen LogP contribution in [0.3, 0.4) is 0 Å². The third-order valence-electron chi connectivity index (χ3n) is 3.74. The predicted molar refractivity (Wildman–Crippen MR) is 94.3 cm³/mol. The second-order valence-electron chi connectivity index (χ2n) is 5.40. The summed E-state index contributed by atoms with van der Waals surface area (Å²) >= 11 is 7.28. The second kappa shape index (κ2) is 7.76. The highest BCUT2D eigenvalue weighted by Crippen LogP contribution is 2.42. The van der Waals surface area contributed by atoms with Crippen molar-refractivity contribution in [1.82, 2.24) is 9.88 Å². The van der Waals surface area contributed by atoms with Crippen LogP contribution in [0.15, 0.2) is 48.7 Å². The number of amides is 1. The van der Waals surface area contributed by atoms with E-state index in [9.17, 15) is 14.7 Å². The van der Waals surface area contributed by atoms with Gasteiger partial charge in [-0.05, 0) is 23.3 Å². The Morgan fingerprint density at radius 2 is 2.08 bits per heavy atom. The standard InChI is InChI=1S/C17H15ClN2O4S/c18-14-8-12(6-7-19-14)15-20(13(10-25-15)16(21)22)17(23)24-9-11-4-2-1-3-5-11/h1-8,13,15H,9-10H2,(H,21,22). The summed E-state index contributed by atoms with van der Waals surface area (Å²) < 4.78 is 5.34. The molecule has 2 unspecified atom stereocenters. The van der Waals surface area contributed by atoms with Crippen LogP contribution >= 0.6 is 23.4 Å². The van der Waals surface area contributed by atoms with Crippen molar-refractivity contribution < 1.29 is 19.4 Å². The first-order valence-corrected chi connectivity index (χ1v) is 8.94. The number of thioether (sulfide) groups is 1. The first-order valence-electron chi connectivity index (χ1n) is 7.51. The average Bonchev–Trinajstić information content (AvgIpc) is 3.06. The zero-order valence-electron chi connectivity index (χ0n) is 13.0. The molecule has 0 aliphatic carbocycles. The number of nitrogens with zero attached hydrogens (tertiary/aromatic N) is 2. The summed E-state index contributed by atoms with van der Waals surface area (Å²) in [5.41, 5.74) is 1.54. The van der Waals surface area contributed by atoms with Crippen molar-refractivity contribution >= 4 is 35.4 Å². The van der Waals surface area contributed by atoms with E-state index in [1.54, 1.807) is 12.1 Å². The lowest BCUT2D eigenvalue weighted by Gasteiger charge is -2.26. The minimum Gasteiger partial charge on any atom is -0.480 e. The number of aliphatic carboxylic acids is 1. The number of pyridine rings is 1. The van der Waals surface area contributed by atoms with E-state index in [-0.39, 0.29) is 17.5 Å². The van der Waals surface area contributed by atoms with Gasteiger partial charge in [0.1, 0.15) is 23.2 Å². The molecule has 1 aromatic heterocycles. The molecule has 3 rings (SSSR count). The molecule has 2 atom stereocenters. The Labute approximate surface area is 153 Å². The third kappa shape index (κ3) is 4.05. The maximum absolute atomic E-state index is 12.6. The Kier molecular flexibility index (Phi) is 5.45. The highest BCUT2D eigenvalue weighted by molar-refractivity contribution is 7.99. The van der Waals surface area contributed by atoms with Crippen LogP contribution in [0.25, 0.3) is 0 Å². The molecule has 2 heterocycles. The highest BCUT2D eigenvalue weighted by atomic mass is 35.5. The van der Waals surface area contributed by atoms with Gasteiger partial charge in [0.15, 0.2) is 0 Å². The maximum Gasteiger partial charge on any atom is 0.412 e. The Balaban J connectivity index is 1.79. The molecule has 1 aliphatic heterocycles. The summed E-state index contributed by atoms with van der Waals surface area (Å²) in [7, 11) is 0. The monoisotopic (exact) mass is 378 g/mol. The number of ether oxygens (including phenoxy) is 1. The van der Waals surface area contributed by atoms with Gasteiger partial charge in [0.2, 0.25) is 0 Å². The van der Waals surface area contributed by atoms with Gasteiger partial charge in [-0.3, -0.25) is 4.90 Å². The van der Waals surface area contributed by atoms with E-state index >= 15 is 0 Å². The van der Waals surface area contributed by atoms with Crippen molar-refractivity contribution in [3.63, 3.8) is 0 Å². The average molecular weight is 379 g/mol. The molecule has 0 spiro atoms. The van der Waals surface area contributed by atoms with E-state index in [0.717, 1.165) is 5.56 Å². The molecule has 2 aromatic rings. The van der Waals surface area contributed by atoms with Crippen molar-refractivity contribution in [2.24, 2.45) is 0 Å². The number of hydrogen-bond acceptors (Lipinski definition) is 5. The molecule has 0 saturated carbocycles. The minimum absolute atomic E-state index is 0.0804. The van der Waals surface area contributed by atoms with Gasteiger partial charge in [-0.1, -0.05) is 41.9 Å². The molecule has 1 fully saturated rings. The van der Waals surface area contributed by atoms with E-state index in [4.69, 9.17) is 16.3 Å². The minimum atomic E-state index is -1.06. The van der Waals surface area contributed by atoms with E-state index in [0.29, 0.717) is 5.56 Å². The molecule has 6 nitrogen and oxygen atoms in total. The number of carboxylic acids is 1. The number of hydrogen-bond donors (Lipinski definition) is 1. The number of aromatic nitrogens is 1. The van der Waals surface area contributed by atoms with Gasteiger partial charge in [0.25, 0.3) is 0 Å². The molecule has 25 heavy (non-hydrogen) atoms. The van der Waals surface area contributed by atoms with Crippen LogP contribution in [-0.2, 0) is 16.1 Å². The predicted octanol–water partition coefficient (Wildman–Crippen LogP) is 3.57. The Morgan fingerprint density at radius 1 is 1.32 bits per heavy atom. The molecule has 130 valence electrons. The molecule has 0 bridgehead atoms. The molecule has 0 radical (unpaired) electrons. The fraction of sp³-hybridized carbons (Fsp3) is 0.235. The van der Waals surface area contributed by atoms with Crippen LogP contribution in [-0.4, -0.2) is 38.8 Å². The van der Waals surface area contributed by atoms with Crippen molar-refractivity contribution in [1.29, 1.82) is 0 Å². The number of benzene rings is 1. The number of carbonyl (C=O) groups is 2. The van der Waals surface area contributed by atoms with Gasteiger partial charge in [-0.25, -0.2) is 14.6 Å². The summed E-state index contributed by atoms with van der Waals surface area (Å²) in [6, 6.07) is 11.6. The summed E-state index contributed by atoms with van der Waals surface area (Å²) in [5.74, 6) is -0.785. The van der Waals surface area contributed by atoms with Gasteiger partial charge in [0, 0.05) is 11.9 Å². The normalized spacial score (nSPS) is 19.6. The summed E-state index contributed by atoms with van der Waals surface area (Å²) in [4.78, 5) is 29.3. The topological polar surface area (TPSA) is 79.7 Å². The smallest absolute Gasteiger partial charge is 0.412 e. The molecule has 1 saturated heterocycles. The summed E-state index contributed by atoms with van der Waals surface area (Å²) in [6.45, 7) is 0.0804. The quantitative estimate of drug-likeness (QED) is 0.819. The Morgan fingerprint density at radius 3 is 2.76 bits per heavy atom. The van der Waals surface area contributed by atoms with Crippen molar-refractivity contribution in [2.75, 3.05) is 5.75 Å². The lowest BCUT2D eigenvalue weighted by Crippen LogP contribution is -2.43. The van der Waals surface area contributed by atoms with Gasteiger partial charge in [-0.2, -0.15) is 0 Å². The number of rotatable bonds is 4. The fourth-order valence-electron chi connectivity index (χ4n) is 2.54. The van der Waals surface area contributed by atoms with Gasteiger partial charge in [0.05, 0.1) is 0 Å². The number of carboxylic acid groups (broad SMARTS) is 1. The molecular weight excluding hydrogens is 364 g/mol. The SMILES string of the molecule is O=C(O)C1CSC(c2ccnc(Cl)c2)N1C(=O)OCc1ccccc1. The summed E-state index contributed by atoms with van der Waals surface area (Å²) in [6.07, 6.45) is 0.860. The second-order valence-corrected chi connectivity index (χ2v) is 6.90. The van der Waals surface area contributed by atoms with Gasteiger partial charge in [-0.15, -0.1) is 11.8 Å². The highest BCUT2D eigenvalue weighted by Gasteiger charge is 2.43. The van der Waals surface area contributed by atoms with E-state index in [2.05, 4.69) is 4.98 Å². The summed E-state index contributed by atoms with van der Waals surface area (Å²) in [5, 5.41) is 9.24. The van der Waals surface area contributed by atoms with Crippen molar-refractivity contribution in [2.45, 2.75) is 18.0 Å². The van der Waals surface area contributed by atoms with Gasteiger partial charge >= 0.3 is 12.1 Å². The van der Waals surface area contributed by atoms with Crippen molar-refractivity contribution in [3.05, 3.63) is 64.9 Å². The molecule has 1 N–H and O–H groups in total. The molecule has 1 aliphatic rings. The third-order valence-corrected chi connectivity index (χ3v) is 5.27. The van der Waals surface area contributed by atoms with E-state index in [1.165, 1.54) is 22.9 Å². The molecular formula is C17H15ClN2O4S. The van der Waals surface area contributed by atoms with Crippen LogP contribution in [0.2, 0.25) is 5.15 Å². The Hall–Kier alpha value is -2.25. The molecule has 8 heteroatoms. The van der Waals surface area contributed by atoms with Crippen molar-refractivity contribution in [3.8, 4) is 0 Å². The van der Waals surface area contributed by atoms with E-state index in [1.807, 2.05) is 30.3 Å². The molecule has 1 amide bonds. The Bertz CT molecular complexity index is 774. The molecule has 1 aromatic carbocycles. The van der Waals surface area contributed by atoms with Crippen LogP contribution in [0.5, 0.6) is 0 Å². The number of halogens is 1. The zero-order valence-corrected chi connectivity index (χ0v) is 14.6. The lowest BCUT2D eigenvalue weighted by atomic mass is 10.2.